The molecule has 0 saturated heterocycles. The third kappa shape index (κ3) is 3.96. The van der Waals surface area contributed by atoms with Gasteiger partial charge in [-0.3, -0.25) is 4.79 Å². The van der Waals surface area contributed by atoms with Gasteiger partial charge in [-0.15, -0.1) is 12.4 Å². The van der Waals surface area contributed by atoms with Gasteiger partial charge in [0.05, 0.1) is 13.5 Å². The van der Waals surface area contributed by atoms with Crippen LogP contribution in [-0.4, -0.2) is 13.1 Å². The SMILES string of the molecule is COC(=O)C[C@H](N)c1ccc(F)cc1Cl.Cl. The van der Waals surface area contributed by atoms with Crippen molar-refractivity contribution in [1.29, 1.82) is 0 Å². The maximum absolute atomic E-state index is 12.7. The average Bonchev–Trinajstić information content (AvgIpc) is 2.17. The van der Waals surface area contributed by atoms with Gasteiger partial charge in [-0.25, -0.2) is 4.39 Å². The van der Waals surface area contributed by atoms with E-state index in [9.17, 15) is 9.18 Å². The van der Waals surface area contributed by atoms with Crippen molar-refractivity contribution in [2.45, 2.75) is 12.5 Å². The Morgan fingerprint density at radius 2 is 2.25 bits per heavy atom. The molecule has 1 aromatic carbocycles. The van der Waals surface area contributed by atoms with Crippen LogP contribution in [0.4, 0.5) is 4.39 Å². The summed E-state index contributed by atoms with van der Waals surface area (Å²) in [7, 11) is 1.28. The smallest absolute Gasteiger partial charge is 0.307 e. The molecule has 1 atom stereocenters. The molecule has 6 heteroatoms. The molecule has 3 nitrogen and oxygen atoms in total. The van der Waals surface area contributed by atoms with Crippen molar-refractivity contribution < 1.29 is 13.9 Å². The van der Waals surface area contributed by atoms with Crippen LogP contribution in [0.2, 0.25) is 5.02 Å². The number of methoxy groups -OCH3 is 1. The van der Waals surface area contributed by atoms with Crippen LogP contribution in [0.15, 0.2) is 18.2 Å². The summed E-state index contributed by atoms with van der Waals surface area (Å²) in [5.41, 5.74) is 6.25. The zero-order chi connectivity index (χ0) is 11.4. The summed E-state index contributed by atoms with van der Waals surface area (Å²) >= 11 is 5.78. The first-order valence-corrected chi connectivity index (χ1v) is 4.69. The van der Waals surface area contributed by atoms with Gasteiger partial charge in [0.1, 0.15) is 5.82 Å². The zero-order valence-electron chi connectivity index (χ0n) is 8.57. The molecule has 0 saturated carbocycles. The highest BCUT2D eigenvalue weighted by Crippen LogP contribution is 2.24. The molecule has 0 aliphatic heterocycles. The number of carbonyl (C=O) groups excluding carboxylic acids is 1. The van der Waals surface area contributed by atoms with Crippen molar-refractivity contribution in [3.8, 4) is 0 Å². The highest BCUT2D eigenvalue weighted by atomic mass is 35.5. The van der Waals surface area contributed by atoms with Crippen LogP contribution < -0.4 is 5.73 Å². The maximum atomic E-state index is 12.7. The number of nitrogens with two attached hydrogens (primary N) is 1. The minimum Gasteiger partial charge on any atom is -0.469 e. The molecule has 0 aromatic heterocycles. The van der Waals surface area contributed by atoms with E-state index < -0.39 is 17.8 Å². The number of esters is 1. The molecule has 1 rings (SSSR count). The molecule has 0 spiro atoms. The van der Waals surface area contributed by atoms with Gasteiger partial charge < -0.3 is 10.5 Å². The van der Waals surface area contributed by atoms with Crippen LogP contribution in [0.25, 0.3) is 0 Å². The number of hydrogen-bond acceptors (Lipinski definition) is 3. The van der Waals surface area contributed by atoms with Gasteiger partial charge in [0.25, 0.3) is 0 Å². The maximum Gasteiger partial charge on any atom is 0.307 e. The second kappa shape index (κ2) is 6.68. The van der Waals surface area contributed by atoms with Crippen molar-refractivity contribution in [2.24, 2.45) is 5.73 Å². The summed E-state index contributed by atoms with van der Waals surface area (Å²) < 4.78 is 17.2. The average molecular weight is 268 g/mol. The summed E-state index contributed by atoms with van der Waals surface area (Å²) in [5, 5.41) is 0.214. The van der Waals surface area contributed by atoms with Gasteiger partial charge in [0.15, 0.2) is 0 Å². The Hall–Kier alpha value is -0.840. The van der Waals surface area contributed by atoms with Crippen molar-refractivity contribution in [3.63, 3.8) is 0 Å². The van der Waals surface area contributed by atoms with Gasteiger partial charge in [0, 0.05) is 11.1 Å². The molecule has 0 radical (unpaired) electrons. The van der Waals surface area contributed by atoms with Crippen molar-refractivity contribution >= 4 is 30.0 Å². The summed E-state index contributed by atoms with van der Waals surface area (Å²) in [6.07, 6.45) is 0.0157. The predicted molar refractivity (Wildman–Crippen MR) is 62.2 cm³/mol. The molecule has 90 valence electrons. The molecule has 0 aliphatic rings. The van der Waals surface area contributed by atoms with E-state index in [1.54, 1.807) is 0 Å². The summed E-state index contributed by atoms with van der Waals surface area (Å²) in [5.74, 6) is -0.864. The van der Waals surface area contributed by atoms with E-state index in [1.165, 1.54) is 19.2 Å². The molecule has 0 fully saturated rings. The molecule has 2 N–H and O–H groups in total. The van der Waals surface area contributed by atoms with Crippen molar-refractivity contribution in [3.05, 3.63) is 34.6 Å². The molecule has 1 aromatic rings. The normalized spacial score (nSPS) is 11.5. The summed E-state index contributed by atoms with van der Waals surface area (Å²) in [6, 6.07) is 3.29. The number of rotatable bonds is 3. The Balaban J connectivity index is 0.00000225. The Morgan fingerprint density at radius 3 is 2.75 bits per heavy atom. The fourth-order valence-electron chi connectivity index (χ4n) is 1.18. The zero-order valence-corrected chi connectivity index (χ0v) is 10.1. The van der Waals surface area contributed by atoms with Crippen LogP contribution in [0.1, 0.15) is 18.0 Å². The van der Waals surface area contributed by atoms with E-state index in [0.717, 1.165) is 6.07 Å². The lowest BCUT2D eigenvalue weighted by atomic mass is 10.0. The minimum atomic E-state index is -0.578. The first kappa shape index (κ1) is 15.2. The standard InChI is InChI=1S/C10H11ClFNO2.ClH/c1-15-10(14)5-9(13)7-3-2-6(12)4-8(7)11;/h2-4,9H,5,13H2,1H3;1H/t9-;/m0./s1. The monoisotopic (exact) mass is 267 g/mol. The fourth-order valence-corrected chi connectivity index (χ4v) is 1.48. The van der Waals surface area contributed by atoms with Gasteiger partial charge in [-0.05, 0) is 17.7 Å². The number of carbonyl (C=O) groups is 1. The van der Waals surface area contributed by atoms with Crippen LogP contribution in [0, 0.1) is 5.82 Å². The van der Waals surface area contributed by atoms with Gasteiger partial charge in [0.2, 0.25) is 0 Å². The lowest BCUT2D eigenvalue weighted by molar-refractivity contribution is -0.141. The van der Waals surface area contributed by atoms with E-state index >= 15 is 0 Å². The van der Waals surface area contributed by atoms with Gasteiger partial charge >= 0.3 is 5.97 Å². The minimum absolute atomic E-state index is 0. The van der Waals surface area contributed by atoms with Crippen LogP contribution in [-0.2, 0) is 9.53 Å². The first-order chi connectivity index (χ1) is 7.04. The number of hydrogen-bond donors (Lipinski definition) is 1. The van der Waals surface area contributed by atoms with E-state index in [4.69, 9.17) is 17.3 Å². The van der Waals surface area contributed by atoms with Gasteiger partial charge in [-0.2, -0.15) is 0 Å². The highest BCUT2D eigenvalue weighted by Gasteiger charge is 2.15. The third-order valence-electron chi connectivity index (χ3n) is 1.98. The van der Waals surface area contributed by atoms with E-state index in [0.29, 0.717) is 5.56 Å². The van der Waals surface area contributed by atoms with E-state index in [2.05, 4.69) is 4.74 Å². The van der Waals surface area contributed by atoms with Crippen LogP contribution in [0.3, 0.4) is 0 Å². The molecule has 0 heterocycles. The molecule has 0 bridgehead atoms. The third-order valence-corrected chi connectivity index (χ3v) is 2.30. The number of ether oxygens (including phenoxy) is 1. The van der Waals surface area contributed by atoms with Crippen molar-refractivity contribution in [1.82, 2.24) is 0 Å². The van der Waals surface area contributed by atoms with Gasteiger partial charge in [-0.1, -0.05) is 17.7 Å². The second-order valence-electron chi connectivity index (χ2n) is 3.05. The van der Waals surface area contributed by atoms with Crippen LogP contribution >= 0.6 is 24.0 Å². The van der Waals surface area contributed by atoms with Crippen molar-refractivity contribution in [2.75, 3.05) is 7.11 Å². The highest BCUT2D eigenvalue weighted by molar-refractivity contribution is 6.31. The molecule has 0 amide bonds. The number of benzene rings is 1. The van der Waals surface area contributed by atoms with Crippen LogP contribution in [0.5, 0.6) is 0 Å². The van der Waals surface area contributed by atoms with E-state index in [-0.39, 0.29) is 23.9 Å². The summed E-state index contributed by atoms with van der Waals surface area (Å²) in [6.45, 7) is 0. The Morgan fingerprint density at radius 1 is 1.62 bits per heavy atom. The molecule has 0 aliphatic carbocycles. The Kier molecular flexibility index (Phi) is 6.33. The lowest BCUT2D eigenvalue weighted by Crippen LogP contribution is -2.16. The molecule has 0 unspecified atom stereocenters. The number of halogens is 3. The first-order valence-electron chi connectivity index (χ1n) is 4.32. The molecular formula is C10H12Cl2FNO2. The lowest BCUT2D eigenvalue weighted by Gasteiger charge is -2.12. The largest absolute Gasteiger partial charge is 0.469 e. The topological polar surface area (TPSA) is 52.3 Å². The predicted octanol–water partition coefficient (Wildman–Crippen LogP) is 2.46. The fraction of sp³-hybridized carbons (Fsp3) is 0.300. The molecular weight excluding hydrogens is 256 g/mol. The second-order valence-corrected chi connectivity index (χ2v) is 3.46. The molecule has 16 heavy (non-hydrogen) atoms. The van der Waals surface area contributed by atoms with E-state index in [1.807, 2.05) is 0 Å². The Bertz CT molecular complexity index is 374. The Labute approximate surface area is 104 Å². The summed E-state index contributed by atoms with van der Waals surface area (Å²) in [4.78, 5) is 11.0. The quantitative estimate of drug-likeness (QED) is 0.857.